The first-order valence-corrected chi connectivity index (χ1v) is 8.02. The fraction of sp³-hybridized carbons (Fsp3) is 0.909. The van der Waals surface area contributed by atoms with Crippen molar-refractivity contribution in [2.24, 2.45) is 5.41 Å². The van der Waals surface area contributed by atoms with Gasteiger partial charge in [0, 0.05) is 6.54 Å². The summed E-state index contributed by atoms with van der Waals surface area (Å²) in [6, 6.07) is 0. The second-order valence-corrected chi connectivity index (χ2v) is 8.42. The number of hydrogen-bond donors (Lipinski definition) is 1. The van der Waals surface area contributed by atoms with Crippen LogP contribution in [-0.2, 0) is 14.8 Å². The van der Waals surface area contributed by atoms with E-state index in [4.69, 9.17) is 0 Å². The maximum Gasteiger partial charge on any atom is 0.258 e. The van der Waals surface area contributed by atoms with Crippen molar-refractivity contribution in [1.82, 2.24) is 4.31 Å². The van der Waals surface area contributed by atoms with E-state index < -0.39 is 14.8 Å². The molecule has 2 aliphatic rings. The Balaban J connectivity index is 2.19. The summed E-state index contributed by atoms with van der Waals surface area (Å²) in [7, 11) is -3.44. The van der Waals surface area contributed by atoms with Crippen LogP contribution in [0.1, 0.15) is 39.5 Å². The molecule has 1 saturated carbocycles. The number of amides is 1. The number of rotatable bonds is 3. The van der Waals surface area contributed by atoms with Gasteiger partial charge in [0.1, 0.15) is 0 Å². The lowest BCUT2D eigenvalue weighted by Gasteiger charge is -2.46. The van der Waals surface area contributed by atoms with Crippen LogP contribution in [0.2, 0.25) is 0 Å². The van der Waals surface area contributed by atoms with Gasteiger partial charge in [-0.3, -0.25) is 4.79 Å². The molecule has 0 radical (unpaired) electrons. The second kappa shape index (κ2) is 3.88. The zero-order valence-electron chi connectivity index (χ0n) is 10.3. The first-order chi connectivity index (χ1) is 7.77. The van der Waals surface area contributed by atoms with Gasteiger partial charge in [-0.2, -0.15) is 12.6 Å². The summed E-state index contributed by atoms with van der Waals surface area (Å²) in [6.45, 7) is 3.27. The molecule has 1 aliphatic heterocycles. The first kappa shape index (κ1) is 13.2. The van der Waals surface area contributed by atoms with Crippen LogP contribution < -0.4 is 0 Å². The fourth-order valence-corrected chi connectivity index (χ4v) is 4.77. The summed E-state index contributed by atoms with van der Waals surface area (Å²) in [5, 5.41) is 0. The average molecular weight is 277 g/mol. The van der Waals surface area contributed by atoms with Crippen molar-refractivity contribution in [2.75, 3.05) is 12.3 Å². The molecule has 0 aromatic rings. The Bertz CT molecular complexity index is 436. The van der Waals surface area contributed by atoms with E-state index in [0.717, 1.165) is 30.0 Å². The van der Waals surface area contributed by atoms with E-state index in [-0.39, 0.29) is 11.3 Å². The molecule has 0 bridgehead atoms. The average Bonchev–Trinajstić information content (AvgIpc) is 2.74. The monoisotopic (exact) mass is 277 g/mol. The number of thiol groups is 1. The van der Waals surface area contributed by atoms with E-state index in [1.54, 1.807) is 0 Å². The Labute approximate surface area is 108 Å². The lowest BCUT2D eigenvalue weighted by Crippen LogP contribution is -2.68. The van der Waals surface area contributed by atoms with Crippen molar-refractivity contribution < 1.29 is 13.2 Å². The van der Waals surface area contributed by atoms with Crippen LogP contribution in [0.25, 0.3) is 0 Å². The van der Waals surface area contributed by atoms with Gasteiger partial charge < -0.3 is 0 Å². The molecule has 2 fully saturated rings. The van der Waals surface area contributed by atoms with E-state index in [1.807, 2.05) is 0 Å². The molecule has 4 nitrogen and oxygen atoms in total. The molecular weight excluding hydrogens is 258 g/mol. The van der Waals surface area contributed by atoms with Gasteiger partial charge in [-0.1, -0.05) is 12.8 Å². The Morgan fingerprint density at radius 3 is 2.24 bits per heavy atom. The predicted molar refractivity (Wildman–Crippen MR) is 69.5 cm³/mol. The summed E-state index contributed by atoms with van der Waals surface area (Å²) in [6.07, 6.45) is 4.14. The molecule has 1 heterocycles. The minimum absolute atomic E-state index is 0.0949. The van der Waals surface area contributed by atoms with Crippen LogP contribution >= 0.6 is 12.6 Å². The Kier molecular flexibility index (Phi) is 3.02. The number of carbonyl (C=O) groups is 1. The van der Waals surface area contributed by atoms with Crippen molar-refractivity contribution in [2.45, 2.75) is 44.3 Å². The third-order valence-electron chi connectivity index (χ3n) is 4.16. The molecule has 0 spiro atoms. The highest BCUT2D eigenvalue weighted by Gasteiger charge is 2.61. The zero-order valence-corrected chi connectivity index (χ0v) is 12.0. The summed E-state index contributed by atoms with van der Waals surface area (Å²) in [4.78, 5) is 11.9. The van der Waals surface area contributed by atoms with Crippen molar-refractivity contribution in [3.8, 4) is 0 Å². The quantitative estimate of drug-likeness (QED) is 0.794. The molecule has 2 rings (SSSR count). The number of sulfonamides is 1. The van der Waals surface area contributed by atoms with Gasteiger partial charge in [0.2, 0.25) is 0 Å². The van der Waals surface area contributed by atoms with E-state index >= 15 is 0 Å². The maximum atomic E-state index is 12.0. The third-order valence-corrected chi connectivity index (χ3v) is 7.17. The molecule has 0 atom stereocenters. The van der Waals surface area contributed by atoms with Crippen molar-refractivity contribution in [1.29, 1.82) is 0 Å². The number of nitrogens with zero attached hydrogens (tertiary/aromatic N) is 1. The molecular formula is C11H19NO3S2. The van der Waals surface area contributed by atoms with Crippen molar-refractivity contribution in [3.05, 3.63) is 0 Å². The highest BCUT2D eigenvalue weighted by Crippen LogP contribution is 2.44. The van der Waals surface area contributed by atoms with Gasteiger partial charge in [0.05, 0.1) is 0 Å². The number of carbonyl (C=O) groups excluding carboxylic acids is 1. The lowest BCUT2D eigenvalue weighted by atomic mass is 9.88. The summed E-state index contributed by atoms with van der Waals surface area (Å²) in [5.41, 5.74) is -0.0949. The SMILES string of the molecule is CC1(C)C(=O)N(CC2(CS)CCCC2)S1(=O)=O. The smallest absolute Gasteiger partial charge is 0.258 e. The van der Waals surface area contributed by atoms with Crippen LogP contribution in [-0.4, -0.2) is 35.7 Å². The van der Waals surface area contributed by atoms with Gasteiger partial charge in [0.15, 0.2) is 4.75 Å². The van der Waals surface area contributed by atoms with Gasteiger partial charge in [-0.25, -0.2) is 12.7 Å². The molecule has 1 amide bonds. The maximum absolute atomic E-state index is 12.0. The number of hydrogen-bond acceptors (Lipinski definition) is 4. The Morgan fingerprint density at radius 1 is 1.29 bits per heavy atom. The van der Waals surface area contributed by atoms with Crippen LogP contribution in [0.3, 0.4) is 0 Å². The summed E-state index contributed by atoms with van der Waals surface area (Å²) >= 11 is 4.34. The highest BCUT2D eigenvalue weighted by molar-refractivity contribution is 7.94. The fourth-order valence-electron chi connectivity index (χ4n) is 2.71. The predicted octanol–water partition coefficient (Wildman–Crippen LogP) is 1.43. The molecule has 17 heavy (non-hydrogen) atoms. The van der Waals surface area contributed by atoms with E-state index in [2.05, 4.69) is 12.6 Å². The Morgan fingerprint density at radius 2 is 1.82 bits per heavy atom. The molecule has 0 aromatic carbocycles. The molecule has 0 aromatic heterocycles. The standard InChI is InChI=1S/C11H19NO3S2/c1-10(2)9(13)12(17(10,14)15)7-11(8-16)5-3-4-6-11/h16H,3-8H2,1-2H3. The minimum Gasteiger partial charge on any atom is -0.272 e. The first-order valence-electron chi connectivity index (χ1n) is 5.94. The van der Waals surface area contributed by atoms with Gasteiger partial charge in [0.25, 0.3) is 15.9 Å². The molecule has 0 unspecified atom stereocenters. The van der Waals surface area contributed by atoms with E-state index in [9.17, 15) is 13.2 Å². The molecule has 1 aliphatic carbocycles. The largest absolute Gasteiger partial charge is 0.272 e. The van der Waals surface area contributed by atoms with E-state index in [0.29, 0.717) is 12.3 Å². The molecule has 98 valence electrons. The normalized spacial score (nSPS) is 29.1. The van der Waals surface area contributed by atoms with Crippen molar-refractivity contribution in [3.63, 3.8) is 0 Å². The summed E-state index contributed by atoms with van der Waals surface area (Å²) in [5.74, 6) is 0.373. The zero-order chi connectivity index (χ0) is 12.9. The topological polar surface area (TPSA) is 54.5 Å². The van der Waals surface area contributed by atoms with Gasteiger partial charge in [-0.05, 0) is 37.9 Å². The third kappa shape index (κ3) is 1.71. The van der Waals surface area contributed by atoms with Crippen LogP contribution in [0.15, 0.2) is 0 Å². The molecule has 1 saturated heterocycles. The minimum atomic E-state index is -3.44. The summed E-state index contributed by atoms with van der Waals surface area (Å²) < 4.78 is 23.8. The van der Waals surface area contributed by atoms with Crippen LogP contribution in [0, 0.1) is 5.41 Å². The highest BCUT2D eigenvalue weighted by atomic mass is 32.2. The molecule has 0 N–H and O–H groups in total. The molecule has 6 heteroatoms. The van der Waals surface area contributed by atoms with Crippen molar-refractivity contribution >= 4 is 28.6 Å². The Hall–Kier alpha value is -0.230. The lowest BCUT2D eigenvalue weighted by molar-refractivity contribution is -0.133. The van der Waals surface area contributed by atoms with E-state index in [1.165, 1.54) is 13.8 Å². The van der Waals surface area contributed by atoms with Gasteiger partial charge >= 0.3 is 0 Å². The second-order valence-electron chi connectivity index (χ2n) is 5.69. The van der Waals surface area contributed by atoms with Crippen LogP contribution in [0.5, 0.6) is 0 Å². The van der Waals surface area contributed by atoms with Crippen LogP contribution in [0.4, 0.5) is 0 Å². The van der Waals surface area contributed by atoms with Gasteiger partial charge in [-0.15, -0.1) is 0 Å².